The number of hydrogen-bond acceptors (Lipinski definition) is 5. The maximum Gasteiger partial charge on any atom is 0.233 e. The summed E-state index contributed by atoms with van der Waals surface area (Å²) in [6.45, 7) is 3.28. The van der Waals surface area contributed by atoms with Crippen LogP contribution < -0.4 is 4.90 Å². The Morgan fingerprint density at radius 1 is 1.22 bits per heavy atom. The molecule has 1 saturated heterocycles. The van der Waals surface area contributed by atoms with Crippen molar-refractivity contribution in [2.45, 2.75) is 38.6 Å². The summed E-state index contributed by atoms with van der Waals surface area (Å²) in [5, 5.41) is 10.2. The molecule has 27 heavy (non-hydrogen) atoms. The van der Waals surface area contributed by atoms with Crippen molar-refractivity contribution in [1.82, 2.24) is 9.37 Å². The zero-order valence-corrected chi connectivity index (χ0v) is 16.4. The number of rotatable bonds is 10. The first-order chi connectivity index (χ1) is 12.9. The second-order valence-corrected chi connectivity index (χ2v) is 8.76. The Morgan fingerprint density at radius 2 is 1.89 bits per heavy atom. The van der Waals surface area contributed by atoms with Gasteiger partial charge in [-0.25, -0.2) is 17.9 Å². The van der Waals surface area contributed by atoms with Crippen molar-refractivity contribution in [3.05, 3.63) is 30.1 Å². The predicted octanol–water partition coefficient (Wildman–Crippen LogP) is 2.07. The second-order valence-electron chi connectivity index (χ2n) is 6.75. The van der Waals surface area contributed by atoms with Gasteiger partial charge in [-0.15, -0.1) is 0 Å². The SMILES string of the molecule is CCCCCC(CS(=O)(=O)N1CCN(c2ccccc2F)CC1)N(O)C=O. The third kappa shape index (κ3) is 5.88. The molecule has 152 valence electrons. The molecule has 0 bridgehead atoms. The van der Waals surface area contributed by atoms with Crippen molar-refractivity contribution >= 4 is 22.1 Å². The van der Waals surface area contributed by atoms with Crippen molar-refractivity contribution in [1.29, 1.82) is 0 Å². The van der Waals surface area contributed by atoms with Crippen LogP contribution in [0.2, 0.25) is 0 Å². The molecule has 0 spiro atoms. The highest BCUT2D eigenvalue weighted by atomic mass is 32.2. The van der Waals surface area contributed by atoms with Gasteiger partial charge in [0.25, 0.3) is 0 Å². The number of halogens is 1. The fraction of sp³-hybridized carbons (Fsp3) is 0.611. The van der Waals surface area contributed by atoms with Gasteiger partial charge in [0.15, 0.2) is 0 Å². The number of unbranched alkanes of at least 4 members (excludes halogenated alkanes) is 2. The lowest BCUT2D eigenvalue weighted by molar-refractivity contribution is -0.158. The Bertz CT molecular complexity index is 708. The minimum absolute atomic E-state index is 0.241. The average Bonchev–Trinajstić information content (AvgIpc) is 2.67. The van der Waals surface area contributed by atoms with E-state index in [1.165, 1.54) is 10.4 Å². The molecule has 1 aromatic carbocycles. The zero-order chi connectivity index (χ0) is 19.9. The molecule has 1 heterocycles. The molecular formula is C18H28FN3O4S. The molecule has 0 saturated carbocycles. The molecule has 0 aliphatic carbocycles. The molecule has 2 rings (SSSR count). The van der Waals surface area contributed by atoms with E-state index >= 15 is 0 Å². The van der Waals surface area contributed by atoms with Crippen LogP contribution in [0.1, 0.15) is 32.6 Å². The number of nitrogens with zero attached hydrogens (tertiary/aromatic N) is 3. The molecule has 7 nitrogen and oxygen atoms in total. The van der Waals surface area contributed by atoms with E-state index in [9.17, 15) is 22.8 Å². The van der Waals surface area contributed by atoms with Crippen LogP contribution in [0.3, 0.4) is 0 Å². The van der Waals surface area contributed by atoms with Gasteiger partial charge in [0, 0.05) is 26.2 Å². The summed E-state index contributed by atoms with van der Waals surface area (Å²) >= 11 is 0. The molecule has 1 aliphatic heterocycles. The van der Waals surface area contributed by atoms with Crippen LogP contribution >= 0.6 is 0 Å². The van der Waals surface area contributed by atoms with Crippen LogP contribution in [0, 0.1) is 5.82 Å². The van der Waals surface area contributed by atoms with Gasteiger partial charge in [0.05, 0.1) is 17.5 Å². The Kier molecular flexibility index (Phi) is 8.00. The Morgan fingerprint density at radius 3 is 2.48 bits per heavy atom. The number of benzene rings is 1. The number of carbonyl (C=O) groups excluding carboxylic acids is 1. The Balaban J connectivity index is 1.98. The van der Waals surface area contributed by atoms with Gasteiger partial charge in [-0.3, -0.25) is 10.0 Å². The van der Waals surface area contributed by atoms with Crippen molar-refractivity contribution in [3.8, 4) is 0 Å². The van der Waals surface area contributed by atoms with Crippen molar-refractivity contribution < 1.29 is 22.8 Å². The van der Waals surface area contributed by atoms with Crippen LogP contribution in [0.15, 0.2) is 24.3 Å². The number of para-hydroxylation sites is 1. The number of amides is 1. The fourth-order valence-electron chi connectivity index (χ4n) is 3.27. The molecule has 1 aromatic rings. The highest BCUT2D eigenvalue weighted by Crippen LogP contribution is 2.22. The summed E-state index contributed by atoms with van der Waals surface area (Å²) in [4.78, 5) is 12.7. The maximum atomic E-state index is 13.9. The summed E-state index contributed by atoms with van der Waals surface area (Å²) in [5.74, 6) is -0.641. The van der Waals surface area contributed by atoms with E-state index in [2.05, 4.69) is 0 Å². The normalized spacial score (nSPS) is 16.9. The van der Waals surface area contributed by atoms with E-state index in [4.69, 9.17) is 0 Å². The number of hydroxylamine groups is 2. The number of carbonyl (C=O) groups is 1. The van der Waals surface area contributed by atoms with E-state index in [0.717, 1.165) is 19.3 Å². The van der Waals surface area contributed by atoms with Crippen molar-refractivity contribution in [2.24, 2.45) is 0 Å². The summed E-state index contributed by atoms with van der Waals surface area (Å²) in [7, 11) is -3.64. The van der Waals surface area contributed by atoms with E-state index in [1.54, 1.807) is 18.2 Å². The minimum Gasteiger partial charge on any atom is -0.367 e. The first-order valence-corrected chi connectivity index (χ1v) is 10.9. The van der Waals surface area contributed by atoms with Crippen LogP contribution in [-0.4, -0.2) is 67.4 Å². The van der Waals surface area contributed by atoms with Crippen LogP contribution in [0.5, 0.6) is 0 Å². The van der Waals surface area contributed by atoms with Crippen molar-refractivity contribution in [2.75, 3.05) is 36.8 Å². The molecule has 0 aromatic heterocycles. The summed E-state index contributed by atoms with van der Waals surface area (Å²) in [6.07, 6.45) is 3.29. The topological polar surface area (TPSA) is 81.2 Å². The maximum absolute atomic E-state index is 13.9. The first kappa shape index (κ1) is 21.6. The van der Waals surface area contributed by atoms with Crippen molar-refractivity contribution in [3.63, 3.8) is 0 Å². The summed E-state index contributed by atoms with van der Waals surface area (Å²) in [6, 6.07) is 5.67. The Labute approximate surface area is 160 Å². The standard InChI is InChI=1S/C18H28FN3O4S/c1-2-3-4-7-16(22(24)15-23)14-27(25,26)21-12-10-20(11-13-21)18-9-6-5-8-17(18)19/h5-6,8-9,15-16,24H,2-4,7,10-14H2,1H3. The fourth-order valence-corrected chi connectivity index (χ4v) is 5.01. The molecule has 1 unspecified atom stereocenters. The lowest BCUT2D eigenvalue weighted by Gasteiger charge is -2.36. The Hall–Kier alpha value is -1.71. The van der Waals surface area contributed by atoms with E-state index in [1.807, 2.05) is 11.8 Å². The number of anilines is 1. The molecule has 0 radical (unpaired) electrons. The quantitative estimate of drug-likeness (QED) is 0.281. The van der Waals surface area contributed by atoms with E-state index in [0.29, 0.717) is 30.3 Å². The summed E-state index contributed by atoms with van der Waals surface area (Å²) in [5.41, 5.74) is 0.467. The smallest absolute Gasteiger partial charge is 0.233 e. The van der Waals surface area contributed by atoms with Gasteiger partial charge in [-0.05, 0) is 18.6 Å². The molecule has 9 heteroatoms. The molecule has 1 N–H and O–H groups in total. The van der Waals surface area contributed by atoms with Gasteiger partial charge in [0.1, 0.15) is 5.82 Å². The molecule has 1 amide bonds. The van der Waals surface area contributed by atoms with Crippen LogP contribution in [0.25, 0.3) is 0 Å². The first-order valence-electron chi connectivity index (χ1n) is 9.29. The van der Waals surface area contributed by atoms with E-state index < -0.39 is 16.1 Å². The number of hydrogen-bond donors (Lipinski definition) is 1. The van der Waals surface area contributed by atoms with Gasteiger partial charge < -0.3 is 4.90 Å². The summed E-state index contributed by atoms with van der Waals surface area (Å²) < 4.78 is 40.7. The largest absolute Gasteiger partial charge is 0.367 e. The lowest BCUT2D eigenvalue weighted by atomic mass is 10.1. The lowest BCUT2D eigenvalue weighted by Crippen LogP contribution is -2.51. The van der Waals surface area contributed by atoms with Gasteiger partial charge in [-0.1, -0.05) is 38.3 Å². The highest BCUT2D eigenvalue weighted by Gasteiger charge is 2.31. The monoisotopic (exact) mass is 401 g/mol. The number of piperazine rings is 1. The van der Waals surface area contributed by atoms with Gasteiger partial charge in [0.2, 0.25) is 16.4 Å². The third-order valence-electron chi connectivity index (χ3n) is 4.85. The average molecular weight is 402 g/mol. The van der Waals surface area contributed by atoms with Crippen LogP contribution in [-0.2, 0) is 14.8 Å². The molecule has 1 atom stereocenters. The second kappa shape index (κ2) is 10.0. The molecule has 1 aliphatic rings. The molecule has 1 fully saturated rings. The van der Waals surface area contributed by atoms with E-state index in [-0.39, 0.29) is 31.1 Å². The minimum atomic E-state index is -3.64. The molecular weight excluding hydrogens is 373 g/mol. The third-order valence-corrected chi connectivity index (χ3v) is 6.81. The van der Waals surface area contributed by atoms with Gasteiger partial charge in [-0.2, -0.15) is 4.31 Å². The predicted molar refractivity (Wildman–Crippen MR) is 102 cm³/mol. The highest BCUT2D eigenvalue weighted by molar-refractivity contribution is 7.89. The zero-order valence-electron chi connectivity index (χ0n) is 15.6. The number of sulfonamides is 1. The van der Waals surface area contributed by atoms with Gasteiger partial charge >= 0.3 is 0 Å². The van der Waals surface area contributed by atoms with Crippen LogP contribution in [0.4, 0.5) is 10.1 Å².